The molecule has 3 aromatic rings. The van der Waals surface area contributed by atoms with Crippen LogP contribution in [0.4, 0.5) is 0 Å². The molecule has 0 saturated heterocycles. The summed E-state index contributed by atoms with van der Waals surface area (Å²) in [5.41, 5.74) is 1.54. The number of carbonyl (C=O) groups is 1. The lowest BCUT2D eigenvalue weighted by Crippen LogP contribution is -1.99. The summed E-state index contributed by atoms with van der Waals surface area (Å²) in [6.45, 7) is 0. The van der Waals surface area contributed by atoms with E-state index in [0.29, 0.717) is 17.1 Å². The maximum Gasteiger partial charge on any atom is 0.230 e. The van der Waals surface area contributed by atoms with E-state index in [2.05, 4.69) is 0 Å². The Morgan fingerprint density at radius 1 is 1.26 bits per heavy atom. The molecule has 96 valence electrons. The molecule has 0 saturated carbocycles. The average Bonchev–Trinajstić information content (AvgIpc) is 3.06. The van der Waals surface area contributed by atoms with Gasteiger partial charge in [-0.25, -0.2) is 0 Å². The molecule has 0 amide bonds. The second-order valence-corrected chi connectivity index (χ2v) is 4.31. The zero-order valence-corrected chi connectivity index (χ0v) is 10.7. The van der Waals surface area contributed by atoms with Crippen LogP contribution in [0, 0.1) is 0 Å². The normalized spacial score (nSPS) is 10.8. The number of furan rings is 1. The molecule has 1 aromatic carbocycles. The van der Waals surface area contributed by atoms with Gasteiger partial charge in [-0.1, -0.05) is 6.07 Å². The molecule has 3 rings (SSSR count). The van der Waals surface area contributed by atoms with Gasteiger partial charge in [0.2, 0.25) is 5.78 Å². The Bertz CT molecular complexity index is 738. The summed E-state index contributed by atoms with van der Waals surface area (Å²) < 4.78 is 12.4. The van der Waals surface area contributed by atoms with Crippen molar-refractivity contribution in [1.82, 2.24) is 4.57 Å². The molecule has 4 heteroatoms. The van der Waals surface area contributed by atoms with E-state index in [4.69, 9.17) is 9.15 Å². The number of methoxy groups -OCH3 is 1. The summed E-state index contributed by atoms with van der Waals surface area (Å²) >= 11 is 0. The van der Waals surface area contributed by atoms with Crippen molar-refractivity contribution in [2.45, 2.75) is 0 Å². The van der Waals surface area contributed by atoms with Gasteiger partial charge in [-0.2, -0.15) is 0 Å². The number of aromatic nitrogens is 1. The Morgan fingerprint density at radius 2 is 2.11 bits per heavy atom. The highest BCUT2D eigenvalue weighted by molar-refractivity contribution is 6.16. The highest BCUT2D eigenvalue weighted by Crippen LogP contribution is 2.31. The van der Waals surface area contributed by atoms with Crippen molar-refractivity contribution >= 4 is 16.7 Å². The van der Waals surface area contributed by atoms with E-state index in [9.17, 15) is 4.79 Å². The third kappa shape index (κ3) is 1.73. The SMILES string of the molecule is COc1cccc2c1c(C(=O)c1ccco1)cn2C. The molecule has 0 atom stereocenters. The van der Waals surface area contributed by atoms with Gasteiger partial charge in [-0.15, -0.1) is 0 Å². The lowest BCUT2D eigenvalue weighted by molar-refractivity contribution is 0.101. The van der Waals surface area contributed by atoms with E-state index in [1.165, 1.54) is 6.26 Å². The van der Waals surface area contributed by atoms with Crippen LogP contribution in [0.3, 0.4) is 0 Å². The first kappa shape index (κ1) is 11.6. The molecular weight excluding hydrogens is 242 g/mol. The lowest BCUT2D eigenvalue weighted by atomic mass is 10.1. The average molecular weight is 255 g/mol. The summed E-state index contributed by atoms with van der Waals surface area (Å²) in [5.74, 6) is 0.881. The number of carbonyl (C=O) groups excluding carboxylic acids is 1. The minimum Gasteiger partial charge on any atom is -0.496 e. The van der Waals surface area contributed by atoms with Gasteiger partial charge in [-0.3, -0.25) is 4.79 Å². The second-order valence-electron chi connectivity index (χ2n) is 4.31. The summed E-state index contributed by atoms with van der Waals surface area (Å²) in [5, 5.41) is 0.814. The number of ketones is 1. The zero-order valence-electron chi connectivity index (χ0n) is 10.7. The highest BCUT2D eigenvalue weighted by atomic mass is 16.5. The molecule has 0 aliphatic rings. The van der Waals surface area contributed by atoms with Crippen LogP contribution in [0.2, 0.25) is 0 Å². The van der Waals surface area contributed by atoms with Gasteiger partial charge < -0.3 is 13.7 Å². The Labute approximate surface area is 110 Å². The Balaban J connectivity index is 2.27. The number of aryl methyl sites for hydroxylation is 1. The minimum atomic E-state index is -0.139. The molecule has 0 aliphatic carbocycles. The van der Waals surface area contributed by atoms with Crippen LogP contribution in [0.5, 0.6) is 5.75 Å². The molecule has 0 bridgehead atoms. The van der Waals surface area contributed by atoms with E-state index in [1.54, 1.807) is 25.4 Å². The van der Waals surface area contributed by atoms with Crippen LogP contribution in [0.25, 0.3) is 10.9 Å². The number of ether oxygens (including phenoxy) is 1. The predicted molar refractivity (Wildman–Crippen MR) is 71.6 cm³/mol. The van der Waals surface area contributed by atoms with Gasteiger partial charge in [0.1, 0.15) is 5.75 Å². The third-order valence-electron chi connectivity index (χ3n) is 3.19. The maximum absolute atomic E-state index is 12.4. The summed E-state index contributed by atoms with van der Waals surface area (Å²) in [6, 6.07) is 9.08. The standard InChI is InChI=1S/C15H13NO3/c1-16-9-10(15(17)13-7-4-8-19-13)14-11(16)5-3-6-12(14)18-2/h3-9H,1-2H3. The van der Waals surface area contributed by atoms with E-state index >= 15 is 0 Å². The first-order valence-electron chi connectivity index (χ1n) is 5.92. The summed E-state index contributed by atoms with van der Waals surface area (Å²) in [7, 11) is 3.50. The molecule has 2 aromatic heterocycles. The molecule has 0 N–H and O–H groups in total. The monoisotopic (exact) mass is 255 g/mol. The first-order valence-corrected chi connectivity index (χ1v) is 5.92. The van der Waals surface area contributed by atoms with Gasteiger partial charge in [0.25, 0.3) is 0 Å². The fraction of sp³-hybridized carbons (Fsp3) is 0.133. The van der Waals surface area contributed by atoms with Gasteiger partial charge in [0.05, 0.1) is 29.8 Å². The largest absolute Gasteiger partial charge is 0.496 e. The van der Waals surface area contributed by atoms with Gasteiger partial charge in [0.15, 0.2) is 5.76 Å². The second kappa shape index (κ2) is 4.31. The van der Waals surface area contributed by atoms with E-state index < -0.39 is 0 Å². The van der Waals surface area contributed by atoms with E-state index in [1.807, 2.05) is 29.8 Å². The molecule has 4 nitrogen and oxygen atoms in total. The maximum atomic E-state index is 12.4. The van der Waals surface area contributed by atoms with E-state index in [0.717, 1.165) is 10.9 Å². The fourth-order valence-corrected chi connectivity index (χ4v) is 2.29. The van der Waals surface area contributed by atoms with Crippen molar-refractivity contribution in [2.75, 3.05) is 7.11 Å². The lowest BCUT2D eigenvalue weighted by Gasteiger charge is -2.03. The van der Waals surface area contributed by atoms with Gasteiger partial charge >= 0.3 is 0 Å². The third-order valence-corrected chi connectivity index (χ3v) is 3.19. The molecule has 19 heavy (non-hydrogen) atoms. The van der Waals surface area contributed by atoms with Crippen LogP contribution in [0.1, 0.15) is 16.1 Å². The van der Waals surface area contributed by atoms with Crippen LogP contribution < -0.4 is 4.74 Å². The van der Waals surface area contributed by atoms with Crippen LogP contribution in [0.15, 0.2) is 47.2 Å². The highest BCUT2D eigenvalue weighted by Gasteiger charge is 2.20. The van der Waals surface area contributed by atoms with Gasteiger partial charge in [0, 0.05) is 13.2 Å². The van der Waals surface area contributed by atoms with Crippen molar-refractivity contribution in [1.29, 1.82) is 0 Å². The number of benzene rings is 1. The predicted octanol–water partition coefficient (Wildman–Crippen LogP) is 3.01. The number of nitrogens with zero attached hydrogens (tertiary/aromatic N) is 1. The zero-order chi connectivity index (χ0) is 13.4. The van der Waals surface area contributed by atoms with Crippen molar-refractivity contribution in [3.05, 3.63) is 54.1 Å². The van der Waals surface area contributed by atoms with Crippen molar-refractivity contribution in [3.63, 3.8) is 0 Å². The Morgan fingerprint density at radius 3 is 2.79 bits per heavy atom. The number of hydrogen-bond acceptors (Lipinski definition) is 3. The first-order chi connectivity index (χ1) is 9.22. The van der Waals surface area contributed by atoms with Crippen LogP contribution >= 0.6 is 0 Å². The quantitative estimate of drug-likeness (QED) is 0.676. The number of hydrogen-bond donors (Lipinski definition) is 0. The minimum absolute atomic E-state index is 0.139. The molecule has 0 aliphatic heterocycles. The molecule has 0 radical (unpaired) electrons. The van der Waals surface area contributed by atoms with Crippen LogP contribution in [-0.2, 0) is 7.05 Å². The van der Waals surface area contributed by atoms with Gasteiger partial charge in [-0.05, 0) is 24.3 Å². The molecule has 2 heterocycles. The molecule has 0 spiro atoms. The number of rotatable bonds is 3. The topological polar surface area (TPSA) is 44.4 Å². The fourth-order valence-electron chi connectivity index (χ4n) is 2.29. The van der Waals surface area contributed by atoms with E-state index in [-0.39, 0.29) is 5.78 Å². The Hall–Kier alpha value is -2.49. The smallest absolute Gasteiger partial charge is 0.230 e. The Kier molecular flexibility index (Phi) is 2.63. The summed E-state index contributed by atoms with van der Waals surface area (Å²) in [4.78, 5) is 12.4. The van der Waals surface area contributed by atoms with Crippen molar-refractivity contribution < 1.29 is 13.9 Å². The van der Waals surface area contributed by atoms with Crippen LogP contribution in [-0.4, -0.2) is 17.5 Å². The molecular formula is C15H13NO3. The summed E-state index contributed by atoms with van der Waals surface area (Å²) in [6.07, 6.45) is 3.30. The van der Waals surface area contributed by atoms with Crippen molar-refractivity contribution in [2.24, 2.45) is 7.05 Å². The van der Waals surface area contributed by atoms with Crippen molar-refractivity contribution in [3.8, 4) is 5.75 Å². The molecule has 0 unspecified atom stereocenters. The number of fused-ring (bicyclic) bond motifs is 1. The molecule has 0 fully saturated rings.